The maximum atomic E-state index is 12.9. The fourth-order valence-electron chi connectivity index (χ4n) is 2.98. The number of aromatic nitrogens is 2. The van der Waals surface area contributed by atoms with Crippen molar-refractivity contribution in [3.8, 4) is 0 Å². The van der Waals surface area contributed by atoms with Crippen molar-refractivity contribution in [1.82, 2.24) is 19.8 Å². The zero-order valence-corrected chi connectivity index (χ0v) is 13.7. The topological polar surface area (TPSA) is 78.1 Å². The molecular formula is C14H26N4O2S. The van der Waals surface area contributed by atoms with Gasteiger partial charge in [0.15, 0.2) is 5.03 Å². The summed E-state index contributed by atoms with van der Waals surface area (Å²) >= 11 is 0. The zero-order valence-electron chi connectivity index (χ0n) is 12.9. The molecule has 2 rings (SSSR count). The first-order valence-corrected chi connectivity index (χ1v) is 9.30. The van der Waals surface area contributed by atoms with Crippen LogP contribution in [0.15, 0.2) is 11.2 Å². The van der Waals surface area contributed by atoms with Gasteiger partial charge in [-0.25, -0.2) is 8.42 Å². The maximum absolute atomic E-state index is 12.9. The van der Waals surface area contributed by atoms with E-state index in [9.17, 15) is 8.42 Å². The van der Waals surface area contributed by atoms with Crippen LogP contribution in [0.25, 0.3) is 0 Å². The molecule has 120 valence electrons. The van der Waals surface area contributed by atoms with E-state index in [0.717, 1.165) is 44.2 Å². The lowest BCUT2D eigenvalue weighted by molar-refractivity contribution is 0.334. The van der Waals surface area contributed by atoms with Crippen molar-refractivity contribution in [1.29, 1.82) is 0 Å². The van der Waals surface area contributed by atoms with Gasteiger partial charge in [-0.1, -0.05) is 26.7 Å². The van der Waals surface area contributed by atoms with E-state index in [2.05, 4.69) is 22.4 Å². The first-order valence-electron chi connectivity index (χ1n) is 7.86. The minimum absolute atomic E-state index is 0.139. The molecule has 1 heterocycles. The molecule has 21 heavy (non-hydrogen) atoms. The third kappa shape index (κ3) is 3.64. The molecule has 7 heteroatoms. The molecule has 0 bridgehead atoms. The predicted molar refractivity (Wildman–Crippen MR) is 82.4 cm³/mol. The van der Waals surface area contributed by atoms with Crippen LogP contribution in [0.5, 0.6) is 0 Å². The van der Waals surface area contributed by atoms with Gasteiger partial charge in [0.05, 0.1) is 6.20 Å². The number of hydrogen-bond acceptors (Lipinski definition) is 4. The summed E-state index contributed by atoms with van der Waals surface area (Å²) < 4.78 is 27.4. The van der Waals surface area contributed by atoms with Gasteiger partial charge >= 0.3 is 0 Å². The second-order valence-corrected chi connectivity index (χ2v) is 7.38. The van der Waals surface area contributed by atoms with Crippen molar-refractivity contribution in [2.45, 2.75) is 63.6 Å². The lowest BCUT2D eigenvalue weighted by atomic mass is 10.2. The quantitative estimate of drug-likeness (QED) is 0.718. The molecule has 1 aliphatic carbocycles. The molecule has 0 saturated heterocycles. The van der Waals surface area contributed by atoms with Crippen LogP contribution in [0.3, 0.4) is 0 Å². The number of hydrogen-bond donors (Lipinski definition) is 2. The molecule has 1 aromatic heterocycles. The van der Waals surface area contributed by atoms with Crippen LogP contribution in [0, 0.1) is 0 Å². The average molecular weight is 314 g/mol. The van der Waals surface area contributed by atoms with Crippen molar-refractivity contribution in [3.63, 3.8) is 0 Å². The van der Waals surface area contributed by atoms with Gasteiger partial charge in [0.1, 0.15) is 0 Å². The number of H-pyrrole nitrogens is 1. The van der Waals surface area contributed by atoms with Crippen molar-refractivity contribution in [3.05, 3.63) is 11.8 Å². The summed E-state index contributed by atoms with van der Waals surface area (Å²) in [6.07, 6.45) is 6.78. The van der Waals surface area contributed by atoms with Gasteiger partial charge in [-0.2, -0.15) is 9.40 Å². The summed E-state index contributed by atoms with van der Waals surface area (Å²) in [5, 5.41) is 10.1. The third-order valence-electron chi connectivity index (χ3n) is 4.03. The Hall–Kier alpha value is -0.920. The molecule has 0 amide bonds. The van der Waals surface area contributed by atoms with Crippen LogP contribution >= 0.6 is 0 Å². The van der Waals surface area contributed by atoms with Gasteiger partial charge in [-0.15, -0.1) is 0 Å². The number of nitrogens with zero attached hydrogens (tertiary/aromatic N) is 2. The van der Waals surface area contributed by atoms with Gasteiger partial charge in [-0.3, -0.25) is 5.10 Å². The Balaban J connectivity index is 2.19. The largest absolute Gasteiger partial charge is 0.313 e. The standard InChI is InChI=1S/C14H26N4O2S/c1-3-9-15-10-12-11-16-17-14(12)21(19,20)18(4-2)13-7-5-6-8-13/h11,13,15H,3-10H2,1-2H3,(H,16,17). The van der Waals surface area contributed by atoms with Gasteiger partial charge in [0, 0.05) is 24.7 Å². The van der Waals surface area contributed by atoms with Crippen LogP contribution in [0.1, 0.15) is 51.5 Å². The number of aromatic amines is 1. The van der Waals surface area contributed by atoms with Crippen LogP contribution in [0.2, 0.25) is 0 Å². The van der Waals surface area contributed by atoms with Gasteiger partial charge in [-0.05, 0) is 25.8 Å². The van der Waals surface area contributed by atoms with E-state index in [4.69, 9.17) is 0 Å². The molecule has 0 radical (unpaired) electrons. The molecule has 6 nitrogen and oxygen atoms in total. The number of sulfonamides is 1. The lowest BCUT2D eigenvalue weighted by Gasteiger charge is -2.26. The summed E-state index contributed by atoms with van der Waals surface area (Å²) in [7, 11) is -3.48. The Morgan fingerprint density at radius 2 is 2.10 bits per heavy atom. The molecule has 2 N–H and O–H groups in total. The van der Waals surface area contributed by atoms with Crippen molar-refractivity contribution >= 4 is 10.0 Å². The van der Waals surface area contributed by atoms with Crippen LogP contribution < -0.4 is 5.32 Å². The SMILES string of the molecule is CCCNCc1cn[nH]c1S(=O)(=O)N(CC)C1CCCC1. The molecule has 1 fully saturated rings. The fraction of sp³-hybridized carbons (Fsp3) is 0.786. The van der Waals surface area contributed by atoms with E-state index in [0.29, 0.717) is 13.1 Å². The highest BCUT2D eigenvalue weighted by Gasteiger charge is 2.34. The first kappa shape index (κ1) is 16.5. The fourth-order valence-corrected chi connectivity index (χ4v) is 4.78. The van der Waals surface area contributed by atoms with E-state index in [-0.39, 0.29) is 11.1 Å². The molecule has 0 atom stereocenters. The van der Waals surface area contributed by atoms with Crippen LogP contribution in [-0.2, 0) is 16.6 Å². The zero-order chi connectivity index (χ0) is 15.3. The molecule has 1 aliphatic rings. The molecule has 0 unspecified atom stereocenters. The summed E-state index contributed by atoms with van der Waals surface area (Å²) in [6, 6.07) is 0.139. The van der Waals surface area contributed by atoms with E-state index in [1.807, 2.05) is 6.92 Å². The molecule has 0 aliphatic heterocycles. The Bertz CT molecular complexity index is 535. The molecular weight excluding hydrogens is 288 g/mol. The number of nitrogens with one attached hydrogen (secondary N) is 2. The predicted octanol–water partition coefficient (Wildman–Crippen LogP) is 1.86. The van der Waals surface area contributed by atoms with E-state index in [1.165, 1.54) is 0 Å². The monoisotopic (exact) mass is 314 g/mol. The molecule has 1 saturated carbocycles. The minimum Gasteiger partial charge on any atom is -0.313 e. The Kier molecular flexibility index (Phi) is 5.78. The highest BCUT2D eigenvalue weighted by atomic mass is 32.2. The van der Waals surface area contributed by atoms with Crippen LogP contribution in [0.4, 0.5) is 0 Å². The average Bonchev–Trinajstić information content (AvgIpc) is 3.10. The second-order valence-electron chi connectivity index (χ2n) is 5.55. The Morgan fingerprint density at radius 1 is 1.38 bits per heavy atom. The third-order valence-corrected chi connectivity index (χ3v) is 6.07. The van der Waals surface area contributed by atoms with Crippen molar-refractivity contribution < 1.29 is 8.42 Å². The summed E-state index contributed by atoms with van der Waals surface area (Å²) in [5.41, 5.74) is 0.722. The Labute approximate surface area is 127 Å². The summed E-state index contributed by atoms with van der Waals surface area (Å²) in [5.74, 6) is 0. The molecule has 0 spiro atoms. The smallest absolute Gasteiger partial charge is 0.260 e. The van der Waals surface area contributed by atoms with Gasteiger partial charge < -0.3 is 5.32 Å². The second kappa shape index (κ2) is 7.38. The minimum atomic E-state index is -3.48. The van der Waals surface area contributed by atoms with Crippen LogP contribution in [-0.4, -0.2) is 42.1 Å². The highest BCUT2D eigenvalue weighted by molar-refractivity contribution is 7.89. The first-order chi connectivity index (χ1) is 10.1. The van der Waals surface area contributed by atoms with Gasteiger partial charge in [0.2, 0.25) is 0 Å². The normalized spacial score (nSPS) is 16.9. The van der Waals surface area contributed by atoms with E-state index < -0.39 is 10.0 Å². The highest BCUT2D eigenvalue weighted by Crippen LogP contribution is 2.28. The number of rotatable bonds is 8. The Morgan fingerprint density at radius 3 is 2.71 bits per heavy atom. The van der Waals surface area contributed by atoms with Crippen molar-refractivity contribution in [2.75, 3.05) is 13.1 Å². The maximum Gasteiger partial charge on any atom is 0.260 e. The summed E-state index contributed by atoms with van der Waals surface area (Å²) in [6.45, 7) is 5.89. The van der Waals surface area contributed by atoms with E-state index >= 15 is 0 Å². The molecule has 0 aromatic carbocycles. The van der Waals surface area contributed by atoms with Crippen molar-refractivity contribution in [2.24, 2.45) is 0 Å². The lowest BCUT2D eigenvalue weighted by Crippen LogP contribution is -2.39. The van der Waals surface area contributed by atoms with E-state index in [1.54, 1.807) is 10.5 Å². The van der Waals surface area contributed by atoms with Gasteiger partial charge in [0.25, 0.3) is 10.0 Å². The summed E-state index contributed by atoms with van der Waals surface area (Å²) in [4.78, 5) is 0. The molecule has 1 aromatic rings.